The van der Waals surface area contributed by atoms with E-state index in [0.717, 1.165) is 31.6 Å². The Bertz CT molecular complexity index is 440. The fraction of sp³-hybridized carbons (Fsp3) is 0.733. The standard InChI is InChI=1S/C15H29N5.HI/c1-5-6-7-8-10-17-15(16)18-11-9-14-12(2)19-20(4)13(14)3;/h5-11H2,1-4H3,(H3,16,17,18);1H. The highest BCUT2D eigenvalue weighted by Crippen LogP contribution is 2.11. The number of nitrogens with one attached hydrogen (secondary N) is 1. The van der Waals surface area contributed by atoms with Crippen molar-refractivity contribution < 1.29 is 0 Å². The van der Waals surface area contributed by atoms with Crippen LogP contribution in [0, 0.1) is 13.8 Å². The molecule has 3 N–H and O–H groups in total. The van der Waals surface area contributed by atoms with Crippen LogP contribution in [0.2, 0.25) is 0 Å². The Hall–Kier alpha value is -0.790. The first-order valence-corrected chi connectivity index (χ1v) is 7.59. The molecule has 0 aliphatic carbocycles. The maximum atomic E-state index is 5.85. The Morgan fingerprint density at radius 2 is 2.00 bits per heavy atom. The molecule has 0 aliphatic heterocycles. The highest BCUT2D eigenvalue weighted by atomic mass is 127. The van der Waals surface area contributed by atoms with Crippen molar-refractivity contribution in [3.63, 3.8) is 0 Å². The average molecular weight is 407 g/mol. The second-order valence-corrected chi connectivity index (χ2v) is 5.28. The molecule has 6 heteroatoms. The lowest BCUT2D eigenvalue weighted by Crippen LogP contribution is -2.33. The van der Waals surface area contributed by atoms with Crippen LogP contribution in [0.25, 0.3) is 0 Å². The van der Waals surface area contributed by atoms with Crippen LogP contribution in [0.3, 0.4) is 0 Å². The van der Waals surface area contributed by atoms with Gasteiger partial charge in [0.1, 0.15) is 0 Å². The summed E-state index contributed by atoms with van der Waals surface area (Å²) in [6.07, 6.45) is 5.82. The number of nitrogens with two attached hydrogens (primary N) is 1. The number of aromatic nitrogens is 2. The molecule has 1 rings (SSSR count). The molecular weight excluding hydrogens is 377 g/mol. The van der Waals surface area contributed by atoms with Crippen LogP contribution in [0.1, 0.15) is 49.6 Å². The summed E-state index contributed by atoms with van der Waals surface area (Å²) < 4.78 is 1.93. The molecule has 5 nitrogen and oxygen atoms in total. The van der Waals surface area contributed by atoms with E-state index in [9.17, 15) is 0 Å². The van der Waals surface area contributed by atoms with E-state index in [2.05, 4.69) is 29.3 Å². The molecule has 0 atom stereocenters. The van der Waals surface area contributed by atoms with Crippen molar-refractivity contribution in [2.24, 2.45) is 17.8 Å². The number of nitrogens with zero attached hydrogens (tertiary/aromatic N) is 3. The lowest BCUT2D eigenvalue weighted by Gasteiger charge is -2.06. The highest BCUT2D eigenvalue weighted by molar-refractivity contribution is 14.0. The Labute approximate surface area is 145 Å². The Balaban J connectivity index is 0.00000400. The van der Waals surface area contributed by atoms with Crippen LogP contribution in [0.5, 0.6) is 0 Å². The van der Waals surface area contributed by atoms with Gasteiger partial charge >= 0.3 is 0 Å². The topological polar surface area (TPSA) is 68.2 Å². The minimum absolute atomic E-state index is 0. The highest BCUT2D eigenvalue weighted by Gasteiger charge is 2.08. The monoisotopic (exact) mass is 407 g/mol. The first-order valence-electron chi connectivity index (χ1n) is 7.59. The van der Waals surface area contributed by atoms with Gasteiger partial charge in [-0.05, 0) is 32.3 Å². The smallest absolute Gasteiger partial charge is 0.188 e. The fourth-order valence-electron chi connectivity index (χ4n) is 2.29. The molecule has 0 bridgehead atoms. The van der Waals surface area contributed by atoms with Crippen LogP contribution in [0.4, 0.5) is 0 Å². The van der Waals surface area contributed by atoms with Crippen LogP contribution in [0.15, 0.2) is 4.99 Å². The summed E-state index contributed by atoms with van der Waals surface area (Å²) >= 11 is 0. The molecule has 0 unspecified atom stereocenters. The SMILES string of the molecule is CCCCCCN=C(N)NCCc1c(C)nn(C)c1C.I. The number of aryl methyl sites for hydroxylation is 2. The van der Waals surface area contributed by atoms with Gasteiger partial charge in [-0.15, -0.1) is 24.0 Å². The molecule has 1 aromatic heterocycles. The lowest BCUT2D eigenvalue weighted by atomic mass is 10.1. The quantitative estimate of drug-likeness (QED) is 0.301. The second kappa shape index (κ2) is 10.9. The van der Waals surface area contributed by atoms with Crippen LogP contribution in [-0.4, -0.2) is 28.8 Å². The molecule has 122 valence electrons. The summed E-state index contributed by atoms with van der Waals surface area (Å²) in [6.45, 7) is 7.98. The summed E-state index contributed by atoms with van der Waals surface area (Å²) in [5, 5.41) is 7.59. The zero-order valence-corrected chi connectivity index (χ0v) is 16.1. The Morgan fingerprint density at radius 1 is 1.29 bits per heavy atom. The van der Waals surface area contributed by atoms with E-state index in [0.29, 0.717) is 5.96 Å². The molecule has 1 aromatic rings. The third kappa shape index (κ3) is 7.15. The summed E-state index contributed by atoms with van der Waals surface area (Å²) in [4.78, 5) is 4.34. The van der Waals surface area contributed by atoms with Crippen molar-refractivity contribution in [1.82, 2.24) is 15.1 Å². The number of unbranched alkanes of at least 4 members (excludes halogenated alkanes) is 3. The van der Waals surface area contributed by atoms with Gasteiger partial charge < -0.3 is 11.1 Å². The molecule has 0 amide bonds. The number of hydrogen-bond donors (Lipinski definition) is 2. The van der Waals surface area contributed by atoms with Gasteiger partial charge in [0.15, 0.2) is 5.96 Å². The van der Waals surface area contributed by atoms with Crippen molar-refractivity contribution in [1.29, 1.82) is 0 Å². The molecule has 0 saturated carbocycles. The van der Waals surface area contributed by atoms with Gasteiger partial charge in [-0.2, -0.15) is 5.10 Å². The first kappa shape index (κ1) is 20.2. The molecular formula is C15H30IN5. The van der Waals surface area contributed by atoms with Gasteiger partial charge in [0, 0.05) is 25.8 Å². The van der Waals surface area contributed by atoms with Crippen molar-refractivity contribution in [2.45, 2.75) is 52.9 Å². The number of hydrogen-bond acceptors (Lipinski definition) is 2. The number of rotatable bonds is 8. The number of aliphatic imine (C=N–C) groups is 1. The zero-order chi connectivity index (χ0) is 15.0. The largest absolute Gasteiger partial charge is 0.370 e. The summed E-state index contributed by atoms with van der Waals surface area (Å²) in [5.41, 5.74) is 9.47. The molecule has 0 saturated heterocycles. The van der Waals surface area contributed by atoms with Crippen LogP contribution in [-0.2, 0) is 13.5 Å². The Kier molecular flexibility index (Phi) is 10.5. The molecule has 0 radical (unpaired) electrons. The van der Waals surface area contributed by atoms with E-state index in [1.165, 1.54) is 30.5 Å². The van der Waals surface area contributed by atoms with Gasteiger partial charge in [-0.25, -0.2) is 0 Å². The van der Waals surface area contributed by atoms with Gasteiger partial charge in [0.05, 0.1) is 5.69 Å². The summed E-state index contributed by atoms with van der Waals surface area (Å²) in [7, 11) is 1.98. The first-order chi connectivity index (χ1) is 9.56. The lowest BCUT2D eigenvalue weighted by molar-refractivity contribution is 0.673. The number of guanidine groups is 1. The third-order valence-electron chi connectivity index (χ3n) is 3.63. The van der Waals surface area contributed by atoms with Crippen molar-refractivity contribution >= 4 is 29.9 Å². The maximum Gasteiger partial charge on any atom is 0.188 e. The molecule has 0 spiro atoms. The number of halogens is 1. The predicted molar refractivity (Wildman–Crippen MR) is 100 cm³/mol. The van der Waals surface area contributed by atoms with E-state index in [-0.39, 0.29) is 24.0 Å². The van der Waals surface area contributed by atoms with Crippen LogP contribution >= 0.6 is 24.0 Å². The van der Waals surface area contributed by atoms with Crippen molar-refractivity contribution in [3.05, 3.63) is 17.0 Å². The summed E-state index contributed by atoms with van der Waals surface area (Å²) in [6, 6.07) is 0. The molecule has 1 heterocycles. The normalized spacial score (nSPS) is 11.3. The van der Waals surface area contributed by atoms with E-state index < -0.39 is 0 Å². The van der Waals surface area contributed by atoms with Crippen molar-refractivity contribution in [2.75, 3.05) is 13.1 Å². The van der Waals surface area contributed by atoms with E-state index in [4.69, 9.17) is 5.73 Å². The van der Waals surface area contributed by atoms with Crippen LogP contribution < -0.4 is 11.1 Å². The van der Waals surface area contributed by atoms with Crippen molar-refractivity contribution in [3.8, 4) is 0 Å². The van der Waals surface area contributed by atoms with Gasteiger partial charge in [0.2, 0.25) is 0 Å². The Morgan fingerprint density at radius 3 is 2.57 bits per heavy atom. The van der Waals surface area contributed by atoms with Gasteiger partial charge in [0.25, 0.3) is 0 Å². The van der Waals surface area contributed by atoms with Gasteiger partial charge in [-0.1, -0.05) is 26.2 Å². The van der Waals surface area contributed by atoms with E-state index in [1.807, 2.05) is 18.7 Å². The third-order valence-corrected chi connectivity index (χ3v) is 3.63. The second-order valence-electron chi connectivity index (χ2n) is 5.28. The minimum Gasteiger partial charge on any atom is -0.370 e. The average Bonchev–Trinajstić information content (AvgIpc) is 2.65. The zero-order valence-electron chi connectivity index (χ0n) is 13.8. The molecule has 0 aromatic carbocycles. The predicted octanol–water partition coefficient (Wildman–Crippen LogP) is 2.68. The summed E-state index contributed by atoms with van der Waals surface area (Å²) in [5.74, 6) is 0.556. The molecule has 21 heavy (non-hydrogen) atoms. The fourth-order valence-corrected chi connectivity index (χ4v) is 2.29. The molecule has 0 aliphatic rings. The van der Waals surface area contributed by atoms with Gasteiger partial charge in [-0.3, -0.25) is 9.67 Å². The molecule has 0 fully saturated rings. The maximum absolute atomic E-state index is 5.85. The van der Waals surface area contributed by atoms with E-state index in [1.54, 1.807) is 0 Å². The van der Waals surface area contributed by atoms with E-state index >= 15 is 0 Å². The minimum atomic E-state index is 0.